The second-order valence-electron chi connectivity index (χ2n) is 9.33. The third-order valence-electron chi connectivity index (χ3n) is 7.42. The maximum absolute atomic E-state index is 6.27. The average Bonchev–Trinajstić information content (AvgIpc) is 3.46. The van der Waals surface area contributed by atoms with E-state index in [0.29, 0.717) is 0 Å². The lowest BCUT2D eigenvalue weighted by molar-refractivity contribution is 0.670. The summed E-state index contributed by atoms with van der Waals surface area (Å²) in [6, 6.07) is 43.6. The van der Waals surface area contributed by atoms with Gasteiger partial charge in [-0.15, -0.1) is 0 Å². The predicted octanol–water partition coefficient (Wildman–Crippen LogP) is 9.72. The molecule has 0 radical (unpaired) electrons. The van der Waals surface area contributed by atoms with Crippen LogP contribution in [-0.4, -0.2) is 0 Å². The van der Waals surface area contributed by atoms with Crippen LogP contribution in [0.15, 0.2) is 126 Å². The Morgan fingerprint density at radius 1 is 0.400 bits per heavy atom. The highest BCUT2D eigenvalue weighted by Crippen LogP contribution is 2.48. The molecule has 0 unspecified atom stereocenters. The van der Waals surface area contributed by atoms with Gasteiger partial charge in [-0.05, 0) is 67.9 Å². The molecule has 1 nitrogen and oxygen atoms in total. The van der Waals surface area contributed by atoms with Gasteiger partial charge < -0.3 is 4.42 Å². The quantitative estimate of drug-likeness (QED) is 0.259. The van der Waals surface area contributed by atoms with Crippen LogP contribution in [0.1, 0.15) is 0 Å². The number of furan rings is 1. The Labute approximate surface area is 202 Å². The lowest BCUT2D eigenvalue weighted by Crippen LogP contribution is -1.84. The Kier molecular flexibility index (Phi) is 3.72. The van der Waals surface area contributed by atoms with E-state index in [1.54, 1.807) is 0 Å². The van der Waals surface area contributed by atoms with Gasteiger partial charge in [0.1, 0.15) is 11.2 Å². The molecule has 162 valence electrons. The first-order chi connectivity index (χ1) is 17.3. The molecular weight excluding hydrogens is 424 g/mol. The van der Waals surface area contributed by atoms with E-state index in [1.807, 2.05) is 12.1 Å². The van der Waals surface area contributed by atoms with Gasteiger partial charge in [-0.2, -0.15) is 0 Å². The van der Waals surface area contributed by atoms with Gasteiger partial charge in [0.15, 0.2) is 0 Å². The van der Waals surface area contributed by atoms with Gasteiger partial charge in [0.25, 0.3) is 0 Å². The lowest BCUT2D eigenvalue weighted by atomic mass is 9.94. The van der Waals surface area contributed by atoms with Crippen LogP contribution < -0.4 is 0 Å². The predicted molar refractivity (Wildman–Crippen MR) is 147 cm³/mol. The van der Waals surface area contributed by atoms with E-state index in [4.69, 9.17) is 4.42 Å². The number of hydrogen-bond donors (Lipinski definition) is 0. The maximum Gasteiger partial charge on any atom is 0.143 e. The molecule has 6 aromatic carbocycles. The summed E-state index contributed by atoms with van der Waals surface area (Å²) < 4.78 is 6.27. The van der Waals surface area contributed by atoms with Crippen molar-refractivity contribution in [1.29, 1.82) is 0 Å². The van der Waals surface area contributed by atoms with Gasteiger partial charge in [0, 0.05) is 16.3 Å². The molecule has 1 aliphatic carbocycles. The van der Waals surface area contributed by atoms with Crippen molar-refractivity contribution in [3.05, 3.63) is 121 Å². The third-order valence-corrected chi connectivity index (χ3v) is 7.42. The second kappa shape index (κ2) is 6.94. The fourth-order valence-corrected chi connectivity index (χ4v) is 5.80. The van der Waals surface area contributed by atoms with E-state index in [2.05, 4.69) is 109 Å². The van der Waals surface area contributed by atoms with E-state index in [9.17, 15) is 0 Å². The lowest BCUT2D eigenvalue weighted by Gasteiger charge is -2.09. The normalized spacial score (nSPS) is 12.0. The van der Waals surface area contributed by atoms with Crippen LogP contribution in [0.25, 0.3) is 77.2 Å². The van der Waals surface area contributed by atoms with E-state index < -0.39 is 0 Å². The molecule has 1 heteroatoms. The minimum Gasteiger partial charge on any atom is -0.455 e. The summed E-state index contributed by atoms with van der Waals surface area (Å²) in [6.07, 6.45) is 0. The van der Waals surface area contributed by atoms with Crippen molar-refractivity contribution in [2.24, 2.45) is 0 Å². The monoisotopic (exact) mass is 444 g/mol. The van der Waals surface area contributed by atoms with Gasteiger partial charge in [0.05, 0.1) is 0 Å². The van der Waals surface area contributed by atoms with Crippen molar-refractivity contribution < 1.29 is 4.42 Å². The zero-order valence-corrected chi connectivity index (χ0v) is 19.0. The first-order valence-electron chi connectivity index (χ1n) is 12.0. The average molecular weight is 445 g/mol. The molecule has 1 aliphatic rings. The van der Waals surface area contributed by atoms with Crippen LogP contribution in [0.3, 0.4) is 0 Å². The highest BCUT2D eigenvalue weighted by molar-refractivity contribution is 6.16. The Bertz CT molecular complexity index is 1940. The molecule has 0 N–H and O–H groups in total. The van der Waals surface area contributed by atoms with Crippen molar-refractivity contribution in [3.63, 3.8) is 0 Å². The van der Waals surface area contributed by atoms with Crippen molar-refractivity contribution in [3.8, 4) is 44.5 Å². The molecule has 7 aromatic rings. The van der Waals surface area contributed by atoms with E-state index in [-0.39, 0.29) is 0 Å². The van der Waals surface area contributed by atoms with Crippen molar-refractivity contribution in [1.82, 2.24) is 0 Å². The molecule has 0 amide bonds. The fraction of sp³-hybridized carbons (Fsp3) is 0. The Morgan fingerprint density at radius 3 is 1.94 bits per heavy atom. The van der Waals surface area contributed by atoms with E-state index in [1.165, 1.54) is 44.2 Å². The van der Waals surface area contributed by atoms with Crippen LogP contribution in [0.4, 0.5) is 0 Å². The van der Waals surface area contributed by atoms with E-state index >= 15 is 0 Å². The molecule has 0 saturated heterocycles. The number of fused-ring (bicyclic) bond motifs is 6. The van der Waals surface area contributed by atoms with Crippen molar-refractivity contribution in [2.75, 3.05) is 0 Å². The second-order valence-corrected chi connectivity index (χ2v) is 9.33. The molecule has 0 bridgehead atoms. The number of hydrogen-bond acceptors (Lipinski definition) is 1. The van der Waals surface area contributed by atoms with Crippen LogP contribution in [-0.2, 0) is 0 Å². The minimum absolute atomic E-state index is 0.931. The van der Waals surface area contributed by atoms with Gasteiger partial charge in [-0.1, -0.05) is 103 Å². The Hall–Kier alpha value is -4.62. The van der Waals surface area contributed by atoms with Crippen LogP contribution in [0.5, 0.6) is 0 Å². The molecular formula is C34H20O. The van der Waals surface area contributed by atoms with Crippen LogP contribution in [0.2, 0.25) is 0 Å². The molecule has 0 saturated carbocycles. The zero-order chi connectivity index (χ0) is 22.9. The first kappa shape index (κ1) is 18.8. The summed E-state index contributed by atoms with van der Waals surface area (Å²) >= 11 is 0. The largest absolute Gasteiger partial charge is 0.455 e. The van der Waals surface area contributed by atoms with Gasteiger partial charge in [-0.3, -0.25) is 0 Å². The minimum atomic E-state index is 0.931. The summed E-state index contributed by atoms with van der Waals surface area (Å²) in [5.74, 6) is 0. The van der Waals surface area contributed by atoms with Gasteiger partial charge >= 0.3 is 0 Å². The smallest absolute Gasteiger partial charge is 0.143 e. The summed E-state index contributed by atoms with van der Waals surface area (Å²) in [6.45, 7) is 0. The van der Waals surface area contributed by atoms with E-state index in [0.717, 1.165) is 33.1 Å². The number of benzene rings is 6. The summed E-state index contributed by atoms with van der Waals surface area (Å²) in [4.78, 5) is 0. The standard InChI is InChI=1S/C34H20O/c1-2-9-27-26(8-1)29-12-5-7-23-19-24(20-31(27)33(23)29)21-15-17-22(18-16-21)25-11-6-13-30-28-10-3-4-14-32(28)35-34(25)30/h1-20H. The summed E-state index contributed by atoms with van der Waals surface area (Å²) in [5, 5.41) is 4.98. The molecule has 8 rings (SSSR count). The molecule has 0 atom stereocenters. The van der Waals surface area contributed by atoms with Crippen LogP contribution in [0, 0.1) is 0 Å². The number of para-hydroxylation sites is 2. The van der Waals surface area contributed by atoms with Gasteiger partial charge in [-0.25, -0.2) is 0 Å². The molecule has 35 heavy (non-hydrogen) atoms. The number of rotatable bonds is 2. The van der Waals surface area contributed by atoms with Crippen LogP contribution >= 0.6 is 0 Å². The third kappa shape index (κ3) is 2.64. The fourth-order valence-electron chi connectivity index (χ4n) is 5.80. The first-order valence-corrected chi connectivity index (χ1v) is 12.0. The molecule has 1 aromatic heterocycles. The van der Waals surface area contributed by atoms with Crippen molar-refractivity contribution >= 4 is 32.7 Å². The Morgan fingerprint density at radius 2 is 1.06 bits per heavy atom. The molecule has 1 heterocycles. The zero-order valence-electron chi connectivity index (χ0n) is 19.0. The topological polar surface area (TPSA) is 13.1 Å². The van der Waals surface area contributed by atoms with Crippen molar-refractivity contribution in [2.45, 2.75) is 0 Å². The molecule has 0 spiro atoms. The van der Waals surface area contributed by atoms with Gasteiger partial charge in [0.2, 0.25) is 0 Å². The highest BCUT2D eigenvalue weighted by Gasteiger charge is 2.21. The highest BCUT2D eigenvalue weighted by atomic mass is 16.3. The SMILES string of the molecule is c1ccc2c(c1)-c1cccc3cc(-c4ccc(-c5cccc6c5oc5ccccc56)cc4)cc-2c13. The summed E-state index contributed by atoms with van der Waals surface area (Å²) in [5.41, 5.74) is 12.0. The summed E-state index contributed by atoms with van der Waals surface area (Å²) in [7, 11) is 0. The maximum atomic E-state index is 6.27. The molecule has 0 fully saturated rings. The Balaban J connectivity index is 1.27. The molecule has 0 aliphatic heterocycles.